The number of halogens is 1. The number of nitrogens with zero attached hydrogens (tertiary/aromatic N) is 6. The fourth-order valence-corrected chi connectivity index (χ4v) is 2.29. The Labute approximate surface area is 115 Å². The minimum absolute atomic E-state index is 0.463. The average molecular weight is 277 g/mol. The van der Waals surface area contributed by atoms with Crippen molar-refractivity contribution in [2.45, 2.75) is 20.8 Å². The van der Waals surface area contributed by atoms with Crippen LogP contribution in [0, 0.1) is 20.8 Å². The Morgan fingerprint density at radius 2 is 1.79 bits per heavy atom. The Balaban J connectivity index is 2.35. The molecule has 0 aliphatic heterocycles. The first kappa shape index (κ1) is 12.1. The summed E-state index contributed by atoms with van der Waals surface area (Å²) in [5, 5.41) is 17.5. The highest BCUT2D eigenvalue weighted by molar-refractivity contribution is 6.30. The van der Waals surface area contributed by atoms with Crippen LogP contribution in [0.25, 0.3) is 17.2 Å². The number of aryl methyl sites for hydroxylation is 3. The van der Waals surface area contributed by atoms with Crippen LogP contribution < -0.4 is 0 Å². The molecule has 3 aromatic heterocycles. The van der Waals surface area contributed by atoms with E-state index in [-0.39, 0.29) is 0 Å². The smallest absolute Gasteiger partial charge is 0.203 e. The van der Waals surface area contributed by atoms with Crippen molar-refractivity contribution in [3.63, 3.8) is 0 Å². The fourth-order valence-electron chi connectivity index (χ4n) is 2.07. The molecule has 3 rings (SSSR count). The average Bonchev–Trinajstić information content (AvgIpc) is 2.90. The number of hydrogen-bond acceptors (Lipinski definition) is 4. The first-order valence-electron chi connectivity index (χ1n) is 5.88. The predicted molar refractivity (Wildman–Crippen MR) is 72.2 cm³/mol. The van der Waals surface area contributed by atoms with Gasteiger partial charge in [-0.2, -0.15) is 14.7 Å². The van der Waals surface area contributed by atoms with Gasteiger partial charge in [-0.3, -0.25) is 4.68 Å². The molecule has 0 atom stereocenters. The molecule has 0 aliphatic carbocycles. The fraction of sp³-hybridized carbons (Fsp3) is 0.333. The van der Waals surface area contributed by atoms with Crippen LogP contribution in [0.5, 0.6) is 0 Å². The molecule has 0 saturated carbocycles. The summed E-state index contributed by atoms with van der Waals surface area (Å²) in [6.07, 6.45) is 0. The molecule has 98 valence electrons. The van der Waals surface area contributed by atoms with Crippen molar-refractivity contribution in [1.82, 2.24) is 29.6 Å². The highest BCUT2D eigenvalue weighted by atomic mass is 35.5. The normalized spacial score (nSPS) is 11.4. The summed E-state index contributed by atoms with van der Waals surface area (Å²) in [6.45, 7) is 5.82. The molecule has 0 aliphatic rings. The Morgan fingerprint density at radius 1 is 1.05 bits per heavy atom. The van der Waals surface area contributed by atoms with Crippen molar-refractivity contribution in [3.8, 4) is 11.5 Å². The van der Waals surface area contributed by atoms with Crippen LogP contribution in [0.2, 0.25) is 5.15 Å². The number of rotatable bonds is 1. The van der Waals surface area contributed by atoms with Crippen molar-refractivity contribution in [1.29, 1.82) is 0 Å². The summed E-state index contributed by atoms with van der Waals surface area (Å²) >= 11 is 6.14. The topological polar surface area (TPSA) is 60.9 Å². The lowest BCUT2D eigenvalue weighted by Gasteiger charge is -2.05. The monoisotopic (exact) mass is 276 g/mol. The molecule has 7 heteroatoms. The van der Waals surface area contributed by atoms with Gasteiger partial charge in [0.2, 0.25) is 5.82 Å². The Bertz CT molecular complexity index is 785. The van der Waals surface area contributed by atoms with Gasteiger partial charge in [0.15, 0.2) is 10.8 Å². The largest absolute Gasteiger partial charge is 0.264 e. The van der Waals surface area contributed by atoms with Gasteiger partial charge in [-0.1, -0.05) is 11.6 Å². The van der Waals surface area contributed by atoms with Crippen LogP contribution in [0.1, 0.15) is 16.8 Å². The Morgan fingerprint density at radius 3 is 2.42 bits per heavy atom. The van der Waals surface area contributed by atoms with Crippen molar-refractivity contribution < 1.29 is 0 Å². The van der Waals surface area contributed by atoms with E-state index in [0.29, 0.717) is 11.0 Å². The van der Waals surface area contributed by atoms with E-state index in [1.165, 1.54) is 0 Å². The molecular formula is C12H13ClN6. The predicted octanol–water partition coefficient (Wildman–Crippen LogP) is 2.10. The van der Waals surface area contributed by atoms with Crippen LogP contribution in [0.3, 0.4) is 0 Å². The first-order chi connectivity index (χ1) is 8.99. The number of fused-ring (bicyclic) bond motifs is 1. The first-order valence-corrected chi connectivity index (χ1v) is 6.26. The lowest BCUT2D eigenvalue weighted by molar-refractivity contribution is 0.753. The quantitative estimate of drug-likeness (QED) is 0.683. The highest BCUT2D eigenvalue weighted by Gasteiger charge is 2.17. The number of hydrogen-bond donors (Lipinski definition) is 0. The zero-order valence-corrected chi connectivity index (χ0v) is 11.9. The van der Waals surface area contributed by atoms with Crippen molar-refractivity contribution in [3.05, 3.63) is 28.0 Å². The van der Waals surface area contributed by atoms with Gasteiger partial charge < -0.3 is 0 Å². The Kier molecular flexibility index (Phi) is 2.56. The SMILES string of the molecule is Cc1cc(-c2nnc3c(C)c(C)c(Cl)nn23)n(C)n1. The molecule has 3 heterocycles. The summed E-state index contributed by atoms with van der Waals surface area (Å²) in [5.74, 6) is 0.642. The molecule has 0 N–H and O–H groups in total. The van der Waals surface area contributed by atoms with Crippen LogP contribution in [-0.4, -0.2) is 29.6 Å². The van der Waals surface area contributed by atoms with Gasteiger partial charge in [0.1, 0.15) is 5.69 Å². The summed E-state index contributed by atoms with van der Waals surface area (Å²) in [6, 6.07) is 1.95. The van der Waals surface area contributed by atoms with Gasteiger partial charge in [-0.25, -0.2) is 0 Å². The third-order valence-electron chi connectivity index (χ3n) is 3.27. The van der Waals surface area contributed by atoms with Gasteiger partial charge in [0.25, 0.3) is 0 Å². The van der Waals surface area contributed by atoms with Crippen molar-refractivity contribution >= 4 is 17.2 Å². The molecule has 6 nitrogen and oxygen atoms in total. The molecular weight excluding hydrogens is 264 g/mol. The van der Waals surface area contributed by atoms with Gasteiger partial charge in [-0.15, -0.1) is 10.2 Å². The molecule has 0 radical (unpaired) electrons. The minimum Gasteiger partial charge on any atom is -0.264 e. The molecule has 0 amide bonds. The summed E-state index contributed by atoms with van der Waals surface area (Å²) in [5.41, 5.74) is 4.41. The second-order valence-corrected chi connectivity index (χ2v) is 4.95. The summed E-state index contributed by atoms with van der Waals surface area (Å²) in [4.78, 5) is 0. The zero-order chi connectivity index (χ0) is 13.7. The van der Waals surface area contributed by atoms with E-state index in [1.54, 1.807) is 9.20 Å². The van der Waals surface area contributed by atoms with Crippen LogP contribution in [-0.2, 0) is 7.05 Å². The van der Waals surface area contributed by atoms with Gasteiger partial charge in [0.05, 0.1) is 5.69 Å². The zero-order valence-electron chi connectivity index (χ0n) is 11.1. The third-order valence-corrected chi connectivity index (χ3v) is 3.63. The van der Waals surface area contributed by atoms with E-state index in [9.17, 15) is 0 Å². The molecule has 0 unspecified atom stereocenters. The van der Waals surface area contributed by atoms with Gasteiger partial charge in [0, 0.05) is 12.6 Å². The maximum atomic E-state index is 6.14. The Hall–Kier alpha value is -1.95. The van der Waals surface area contributed by atoms with Crippen molar-refractivity contribution in [2.75, 3.05) is 0 Å². The van der Waals surface area contributed by atoms with E-state index in [2.05, 4.69) is 20.4 Å². The van der Waals surface area contributed by atoms with Crippen LogP contribution >= 0.6 is 11.6 Å². The van der Waals surface area contributed by atoms with E-state index in [1.807, 2.05) is 33.9 Å². The van der Waals surface area contributed by atoms with Gasteiger partial charge in [-0.05, 0) is 32.4 Å². The minimum atomic E-state index is 0.463. The standard InChI is InChI=1S/C12H13ClN6/c1-6-5-9(18(4)16-6)12-15-14-11-8(3)7(2)10(13)17-19(11)12/h5H,1-4H3. The van der Waals surface area contributed by atoms with E-state index < -0.39 is 0 Å². The van der Waals surface area contributed by atoms with E-state index >= 15 is 0 Å². The summed E-state index contributed by atoms with van der Waals surface area (Å²) < 4.78 is 3.43. The highest BCUT2D eigenvalue weighted by Crippen LogP contribution is 2.23. The molecule has 0 fully saturated rings. The molecule has 19 heavy (non-hydrogen) atoms. The lowest BCUT2D eigenvalue weighted by atomic mass is 10.2. The van der Waals surface area contributed by atoms with Crippen LogP contribution in [0.4, 0.5) is 0 Å². The van der Waals surface area contributed by atoms with E-state index in [4.69, 9.17) is 11.6 Å². The molecule has 0 bridgehead atoms. The molecule has 0 saturated heterocycles. The lowest BCUT2D eigenvalue weighted by Crippen LogP contribution is -2.02. The van der Waals surface area contributed by atoms with E-state index in [0.717, 1.165) is 28.2 Å². The summed E-state index contributed by atoms with van der Waals surface area (Å²) in [7, 11) is 1.87. The second-order valence-electron chi connectivity index (χ2n) is 4.59. The maximum absolute atomic E-state index is 6.14. The van der Waals surface area contributed by atoms with Crippen LogP contribution in [0.15, 0.2) is 6.07 Å². The third kappa shape index (κ3) is 1.71. The van der Waals surface area contributed by atoms with Gasteiger partial charge >= 0.3 is 0 Å². The molecule has 3 aromatic rings. The second kappa shape index (κ2) is 4.03. The maximum Gasteiger partial charge on any atom is 0.203 e. The number of aromatic nitrogens is 6. The molecule has 0 aromatic carbocycles. The van der Waals surface area contributed by atoms with Crippen molar-refractivity contribution in [2.24, 2.45) is 7.05 Å². The molecule has 0 spiro atoms.